The largest absolute Gasteiger partial charge is 0.381 e. The van der Waals surface area contributed by atoms with Crippen LogP contribution < -0.4 is 5.32 Å². The van der Waals surface area contributed by atoms with Gasteiger partial charge in [-0.2, -0.15) is 0 Å². The van der Waals surface area contributed by atoms with E-state index in [0.717, 1.165) is 30.7 Å². The van der Waals surface area contributed by atoms with Crippen LogP contribution in [-0.2, 0) is 4.74 Å². The van der Waals surface area contributed by atoms with E-state index in [1.807, 2.05) is 17.5 Å². The lowest BCUT2D eigenvalue weighted by molar-refractivity contribution is 0.0607. The molecule has 1 aliphatic rings. The summed E-state index contributed by atoms with van der Waals surface area (Å²) in [6, 6.07) is 0.481. The van der Waals surface area contributed by atoms with Gasteiger partial charge in [-0.1, -0.05) is 6.92 Å². The highest BCUT2D eigenvalue weighted by atomic mass is 32.1. The first-order chi connectivity index (χ1) is 8.29. The SMILES string of the molecule is CCNC(CC1CCOCC1)c1cnc(C)s1. The van der Waals surface area contributed by atoms with E-state index in [4.69, 9.17) is 4.74 Å². The molecule has 1 aromatic rings. The number of nitrogens with zero attached hydrogens (tertiary/aromatic N) is 1. The molecule has 3 nitrogen and oxygen atoms in total. The molecule has 0 saturated carbocycles. The van der Waals surface area contributed by atoms with Crippen molar-refractivity contribution in [1.82, 2.24) is 10.3 Å². The number of aromatic nitrogens is 1. The van der Waals surface area contributed by atoms with Gasteiger partial charge in [0.15, 0.2) is 0 Å². The summed E-state index contributed by atoms with van der Waals surface area (Å²) in [7, 11) is 0. The maximum atomic E-state index is 5.42. The fourth-order valence-corrected chi connectivity index (χ4v) is 3.27. The lowest BCUT2D eigenvalue weighted by Crippen LogP contribution is -2.25. The van der Waals surface area contributed by atoms with Crippen molar-refractivity contribution >= 4 is 11.3 Å². The van der Waals surface area contributed by atoms with Crippen molar-refractivity contribution in [3.8, 4) is 0 Å². The van der Waals surface area contributed by atoms with Gasteiger partial charge in [0.25, 0.3) is 0 Å². The van der Waals surface area contributed by atoms with E-state index in [9.17, 15) is 0 Å². The summed E-state index contributed by atoms with van der Waals surface area (Å²) in [4.78, 5) is 5.75. The van der Waals surface area contributed by atoms with Crippen LogP contribution >= 0.6 is 11.3 Å². The molecule has 0 aliphatic carbocycles. The van der Waals surface area contributed by atoms with Gasteiger partial charge in [-0.15, -0.1) is 11.3 Å². The zero-order valence-electron chi connectivity index (χ0n) is 10.7. The van der Waals surface area contributed by atoms with E-state index in [2.05, 4.69) is 24.1 Å². The van der Waals surface area contributed by atoms with Crippen LogP contribution in [0.3, 0.4) is 0 Å². The minimum absolute atomic E-state index is 0.481. The summed E-state index contributed by atoms with van der Waals surface area (Å²) >= 11 is 1.82. The lowest BCUT2D eigenvalue weighted by atomic mass is 9.92. The zero-order chi connectivity index (χ0) is 12.1. The summed E-state index contributed by atoms with van der Waals surface area (Å²) in [6.45, 7) is 7.14. The first-order valence-corrected chi connectivity index (χ1v) is 7.34. The minimum Gasteiger partial charge on any atom is -0.381 e. The van der Waals surface area contributed by atoms with Crippen molar-refractivity contribution < 1.29 is 4.74 Å². The molecule has 96 valence electrons. The average molecular weight is 254 g/mol. The van der Waals surface area contributed by atoms with Crippen LogP contribution in [0, 0.1) is 12.8 Å². The summed E-state index contributed by atoms with van der Waals surface area (Å²) in [6.07, 6.45) is 5.67. The average Bonchev–Trinajstić information content (AvgIpc) is 2.77. The Morgan fingerprint density at radius 2 is 2.29 bits per heavy atom. The van der Waals surface area contributed by atoms with Gasteiger partial charge in [0, 0.05) is 30.3 Å². The molecule has 17 heavy (non-hydrogen) atoms. The Bertz CT molecular complexity index is 334. The molecule has 2 rings (SSSR count). The molecule has 2 heterocycles. The molecule has 1 aromatic heterocycles. The number of aryl methyl sites for hydroxylation is 1. The van der Waals surface area contributed by atoms with Crippen molar-refractivity contribution in [2.24, 2.45) is 5.92 Å². The zero-order valence-corrected chi connectivity index (χ0v) is 11.6. The second-order valence-electron chi connectivity index (χ2n) is 4.68. The van der Waals surface area contributed by atoms with E-state index in [1.165, 1.54) is 24.1 Å². The Labute approximate surface area is 108 Å². The van der Waals surface area contributed by atoms with Crippen LogP contribution in [-0.4, -0.2) is 24.7 Å². The maximum Gasteiger partial charge on any atom is 0.0897 e. The Morgan fingerprint density at radius 1 is 1.53 bits per heavy atom. The van der Waals surface area contributed by atoms with Crippen molar-refractivity contribution in [2.75, 3.05) is 19.8 Å². The third-order valence-electron chi connectivity index (χ3n) is 3.34. The molecular weight excluding hydrogens is 232 g/mol. The van der Waals surface area contributed by atoms with Crippen LogP contribution in [0.1, 0.15) is 42.1 Å². The molecule has 1 N–H and O–H groups in total. The molecule has 0 bridgehead atoms. The minimum atomic E-state index is 0.481. The first kappa shape index (κ1) is 13.0. The summed E-state index contributed by atoms with van der Waals surface area (Å²) in [5.74, 6) is 0.801. The summed E-state index contributed by atoms with van der Waals surface area (Å²) in [5.41, 5.74) is 0. The molecule has 4 heteroatoms. The molecule has 1 fully saturated rings. The molecular formula is C13H22N2OS. The third kappa shape index (κ3) is 3.76. The number of nitrogens with one attached hydrogen (secondary N) is 1. The monoisotopic (exact) mass is 254 g/mol. The fourth-order valence-electron chi connectivity index (χ4n) is 2.40. The van der Waals surface area contributed by atoms with Gasteiger partial charge >= 0.3 is 0 Å². The van der Waals surface area contributed by atoms with Crippen LogP contribution in [0.5, 0.6) is 0 Å². The number of rotatable bonds is 5. The maximum absolute atomic E-state index is 5.42. The van der Waals surface area contributed by atoms with Gasteiger partial charge in [-0.05, 0) is 38.6 Å². The van der Waals surface area contributed by atoms with Crippen LogP contribution in [0.25, 0.3) is 0 Å². The second-order valence-corrected chi connectivity index (χ2v) is 5.95. The van der Waals surface area contributed by atoms with E-state index in [1.54, 1.807) is 0 Å². The highest BCUT2D eigenvalue weighted by Gasteiger charge is 2.21. The number of ether oxygens (including phenoxy) is 1. The van der Waals surface area contributed by atoms with Gasteiger partial charge < -0.3 is 10.1 Å². The fraction of sp³-hybridized carbons (Fsp3) is 0.769. The van der Waals surface area contributed by atoms with Gasteiger partial charge in [-0.3, -0.25) is 0 Å². The quantitative estimate of drug-likeness (QED) is 0.877. The lowest BCUT2D eigenvalue weighted by Gasteiger charge is -2.26. The van der Waals surface area contributed by atoms with E-state index < -0.39 is 0 Å². The van der Waals surface area contributed by atoms with E-state index in [0.29, 0.717) is 6.04 Å². The number of hydrogen-bond acceptors (Lipinski definition) is 4. The van der Waals surface area contributed by atoms with Crippen molar-refractivity contribution in [2.45, 2.75) is 39.2 Å². The van der Waals surface area contributed by atoms with Crippen molar-refractivity contribution in [3.05, 3.63) is 16.1 Å². The van der Waals surface area contributed by atoms with E-state index >= 15 is 0 Å². The smallest absolute Gasteiger partial charge is 0.0897 e. The summed E-state index contributed by atoms with van der Waals surface area (Å²) in [5, 5.41) is 4.75. The Morgan fingerprint density at radius 3 is 2.88 bits per heavy atom. The molecule has 1 saturated heterocycles. The highest BCUT2D eigenvalue weighted by Crippen LogP contribution is 2.30. The van der Waals surface area contributed by atoms with Gasteiger partial charge in [-0.25, -0.2) is 4.98 Å². The first-order valence-electron chi connectivity index (χ1n) is 6.53. The Balaban J connectivity index is 1.96. The Kier molecular flexibility index (Phi) is 4.95. The molecule has 1 atom stereocenters. The topological polar surface area (TPSA) is 34.1 Å². The van der Waals surface area contributed by atoms with Crippen LogP contribution in [0.15, 0.2) is 6.20 Å². The highest BCUT2D eigenvalue weighted by molar-refractivity contribution is 7.11. The Hall–Kier alpha value is -0.450. The second kappa shape index (κ2) is 6.47. The normalized spacial score (nSPS) is 19.4. The molecule has 0 amide bonds. The predicted octanol–water partition coefficient (Wildman–Crippen LogP) is 2.92. The number of hydrogen-bond donors (Lipinski definition) is 1. The molecule has 0 aromatic carbocycles. The van der Waals surface area contributed by atoms with Crippen LogP contribution in [0.4, 0.5) is 0 Å². The number of thiazole rings is 1. The van der Waals surface area contributed by atoms with Crippen molar-refractivity contribution in [1.29, 1.82) is 0 Å². The molecule has 1 unspecified atom stereocenters. The predicted molar refractivity (Wildman–Crippen MR) is 71.4 cm³/mol. The van der Waals surface area contributed by atoms with Gasteiger partial charge in [0.2, 0.25) is 0 Å². The van der Waals surface area contributed by atoms with E-state index in [-0.39, 0.29) is 0 Å². The standard InChI is InChI=1S/C13H22N2OS/c1-3-14-12(13-9-15-10(2)17-13)8-11-4-6-16-7-5-11/h9,11-12,14H,3-8H2,1-2H3. The third-order valence-corrected chi connectivity index (χ3v) is 4.37. The molecule has 1 aliphatic heterocycles. The van der Waals surface area contributed by atoms with Gasteiger partial charge in [0.1, 0.15) is 0 Å². The summed E-state index contributed by atoms with van der Waals surface area (Å²) < 4.78 is 5.42. The van der Waals surface area contributed by atoms with Crippen molar-refractivity contribution in [3.63, 3.8) is 0 Å². The van der Waals surface area contributed by atoms with Crippen LogP contribution in [0.2, 0.25) is 0 Å². The molecule has 0 radical (unpaired) electrons. The molecule has 0 spiro atoms. The van der Waals surface area contributed by atoms with Gasteiger partial charge in [0.05, 0.1) is 5.01 Å².